The maximum Gasteiger partial charge on any atom is 0.227 e. The molecule has 1 atom stereocenters. The van der Waals surface area contributed by atoms with Crippen molar-refractivity contribution in [2.45, 2.75) is 84.0 Å². The van der Waals surface area contributed by atoms with Gasteiger partial charge in [0, 0.05) is 18.2 Å². The number of aliphatic hydroxyl groups is 1. The number of anilines is 2. The Bertz CT molecular complexity index is 1080. The van der Waals surface area contributed by atoms with Crippen molar-refractivity contribution in [2.75, 3.05) is 10.6 Å². The zero-order chi connectivity index (χ0) is 22.9. The SMILES string of the molecule is Cc1cccc(CNc2nc(NC(C)C(C)(C)O)nc3c2ncn3C2CCCCC2)c1O. The van der Waals surface area contributed by atoms with Crippen LogP contribution in [0.25, 0.3) is 11.2 Å². The maximum absolute atomic E-state index is 10.4. The van der Waals surface area contributed by atoms with Gasteiger partial charge in [-0.15, -0.1) is 0 Å². The molecule has 1 aliphatic rings. The van der Waals surface area contributed by atoms with Crippen molar-refractivity contribution in [1.82, 2.24) is 19.5 Å². The van der Waals surface area contributed by atoms with E-state index in [9.17, 15) is 10.2 Å². The molecule has 1 aromatic carbocycles. The Balaban J connectivity index is 1.70. The molecule has 2 heterocycles. The first-order valence-electron chi connectivity index (χ1n) is 11.5. The average Bonchev–Trinajstić information content (AvgIpc) is 3.18. The number of nitrogens with one attached hydrogen (secondary N) is 2. The molecule has 0 spiro atoms. The highest BCUT2D eigenvalue weighted by atomic mass is 16.3. The molecule has 172 valence electrons. The second kappa shape index (κ2) is 8.94. The second-order valence-corrected chi connectivity index (χ2v) is 9.47. The molecule has 1 saturated carbocycles. The number of imidazole rings is 1. The summed E-state index contributed by atoms with van der Waals surface area (Å²) in [4.78, 5) is 14.1. The molecule has 1 aliphatic carbocycles. The number of phenolic OH excluding ortho intramolecular Hbond substituents is 1. The van der Waals surface area contributed by atoms with Crippen molar-refractivity contribution in [3.63, 3.8) is 0 Å². The van der Waals surface area contributed by atoms with Crippen LogP contribution in [0.1, 0.15) is 70.0 Å². The number of aromatic hydroxyl groups is 1. The van der Waals surface area contributed by atoms with Gasteiger partial charge >= 0.3 is 0 Å². The Hall–Kier alpha value is -2.87. The van der Waals surface area contributed by atoms with Gasteiger partial charge in [-0.3, -0.25) is 0 Å². The van der Waals surface area contributed by atoms with E-state index in [0.717, 1.165) is 29.6 Å². The highest BCUT2D eigenvalue weighted by molar-refractivity contribution is 5.84. The number of para-hydroxylation sites is 1. The lowest BCUT2D eigenvalue weighted by molar-refractivity contribution is 0.0646. The molecule has 8 nitrogen and oxygen atoms in total. The normalized spacial score (nSPS) is 16.3. The molecule has 1 fully saturated rings. The third-order valence-electron chi connectivity index (χ3n) is 6.56. The van der Waals surface area contributed by atoms with Crippen LogP contribution >= 0.6 is 0 Å². The fourth-order valence-electron chi connectivity index (χ4n) is 4.14. The number of aryl methyl sites for hydroxylation is 1. The molecule has 8 heteroatoms. The minimum atomic E-state index is -0.928. The summed E-state index contributed by atoms with van der Waals surface area (Å²) in [5, 5.41) is 27.4. The number of aromatic nitrogens is 4. The molecule has 4 N–H and O–H groups in total. The zero-order valence-electron chi connectivity index (χ0n) is 19.4. The number of hydrogen-bond acceptors (Lipinski definition) is 7. The van der Waals surface area contributed by atoms with Crippen molar-refractivity contribution in [2.24, 2.45) is 0 Å². The molecule has 0 aliphatic heterocycles. The van der Waals surface area contributed by atoms with Crippen LogP contribution in [-0.2, 0) is 6.54 Å². The van der Waals surface area contributed by atoms with Crippen molar-refractivity contribution in [3.8, 4) is 5.75 Å². The third-order valence-corrected chi connectivity index (χ3v) is 6.56. The first-order chi connectivity index (χ1) is 15.2. The van der Waals surface area contributed by atoms with Crippen molar-refractivity contribution < 1.29 is 10.2 Å². The molecule has 0 saturated heterocycles. The molecule has 0 amide bonds. The summed E-state index contributed by atoms with van der Waals surface area (Å²) in [5.41, 5.74) is 2.20. The molecule has 4 rings (SSSR count). The summed E-state index contributed by atoms with van der Waals surface area (Å²) >= 11 is 0. The summed E-state index contributed by atoms with van der Waals surface area (Å²) < 4.78 is 2.17. The van der Waals surface area contributed by atoms with Crippen LogP contribution in [0.4, 0.5) is 11.8 Å². The number of nitrogens with zero attached hydrogens (tertiary/aromatic N) is 4. The van der Waals surface area contributed by atoms with E-state index in [-0.39, 0.29) is 11.8 Å². The van der Waals surface area contributed by atoms with E-state index in [2.05, 4.69) is 25.2 Å². The van der Waals surface area contributed by atoms with Gasteiger partial charge in [-0.2, -0.15) is 9.97 Å². The van der Waals surface area contributed by atoms with Crippen molar-refractivity contribution >= 4 is 22.9 Å². The van der Waals surface area contributed by atoms with E-state index < -0.39 is 5.60 Å². The fourth-order valence-corrected chi connectivity index (χ4v) is 4.14. The molecule has 0 bridgehead atoms. The van der Waals surface area contributed by atoms with Crippen molar-refractivity contribution in [3.05, 3.63) is 35.7 Å². The monoisotopic (exact) mass is 438 g/mol. The van der Waals surface area contributed by atoms with Gasteiger partial charge in [0.1, 0.15) is 5.75 Å². The van der Waals surface area contributed by atoms with Gasteiger partial charge < -0.3 is 25.4 Å². The number of benzene rings is 1. The molecular weight excluding hydrogens is 404 g/mol. The number of hydrogen-bond donors (Lipinski definition) is 4. The van der Waals surface area contributed by atoms with Gasteiger partial charge in [-0.05, 0) is 46.1 Å². The summed E-state index contributed by atoms with van der Waals surface area (Å²) in [5.74, 6) is 1.34. The Morgan fingerprint density at radius 2 is 1.94 bits per heavy atom. The van der Waals surface area contributed by atoms with E-state index in [0.29, 0.717) is 29.9 Å². The highest BCUT2D eigenvalue weighted by Gasteiger charge is 2.25. The van der Waals surface area contributed by atoms with Crippen LogP contribution in [0, 0.1) is 6.92 Å². The number of fused-ring (bicyclic) bond motifs is 1. The minimum Gasteiger partial charge on any atom is -0.507 e. The fraction of sp³-hybridized carbons (Fsp3) is 0.542. The Labute approximate surface area is 189 Å². The van der Waals surface area contributed by atoms with E-state index in [1.54, 1.807) is 13.8 Å². The Morgan fingerprint density at radius 3 is 2.66 bits per heavy atom. The van der Waals surface area contributed by atoms with Crippen LogP contribution in [0.5, 0.6) is 5.75 Å². The standard InChI is InChI=1S/C24H34N6O2/c1-15-9-8-10-17(20(15)31)13-25-21-19-22(29-23(28-21)27-16(2)24(3,4)32)30(14-26-19)18-11-6-5-7-12-18/h8-10,14,16,18,31-32H,5-7,11-13H2,1-4H3,(H2,25,27,28,29). The lowest BCUT2D eigenvalue weighted by atomic mass is 9.95. The quantitative estimate of drug-likeness (QED) is 0.429. The number of phenols is 1. The molecule has 32 heavy (non-hydrogen) atoms. The van der Waals surface area contributed by atoms with Gasteiger partial charge in [0.05, 0.1) is 18.0 Å². The van der Waals surface area contributed by atoms with Crippen molar-refractivity contribution in [1.29, 1.82) is 0 Å². The van der Waals surface area contributed by atoms with E-state index in [4.69, 9.17) is 4.98 Å². The molecule has 3 aromatic rings. The minimum absolute atomic E-state index is 0.250. The first kappa shape index (κ1) is 22.3. The first-order valence-corrected chi connectivity index (χ1v) is 11.5. The molecule has 2 aromatic heterocycles. The lowest BCUT2D eigenvalue weighted by Gasteiger charge is -2.27. The van der Waals surface area contributed by atoms with E-state index in [1.807, 2.05) is 38.4 Å². The van der Waals surface area contributed by atoms with E-state index >= 15 is 0 Å². The van der Waals surface area contributed by atoms with Gasteiger partial charge in [0.2, 0.25) is 5.95 Å². The van der Waals surface area contributed by atoms with Crippen LogP contribution in [0.3, 0.4) is 0 Å². The summed E-state index contributed by atoms with van der Waals surface area (Å²) in [6.07, 6.45) is 7.83. The maximum atomic E-state index is 10.4. The lowest BCUT2D eigenvalue weighted by Crippen LogP contribution is -2.39. The Kier molecular flexibility index (Phi) is 6.24. The number of rotatable bonds is 7. The van der Waals surface area contributed by atoms with Crippen LogP contribution < -0.4 is 10.6 Å². The molecule has 0 radical (unpaired) electrons. The summed E-state index contributed by atoms with van der Waals surface area (Å²) in [6, 6.07) is 5.84. The van der Waals surface area contributed by atoms with E-state index in [1.165, 1.54) is 19.3 Å². The summed E-state index contributed by atoms with van der Waals surface area (Å²) in [6.45, 7) is 7.72. The smallest absolute Gasteiger partial charge is 0.227 e. The van der Waals surface area contributed by atoms with Crippen LogP contribution in [-0.4, -0.2) is 41.4 Å². The third kappa shape index (κ3) is 4.65. The van der Waals surface area contributed by atoms with Crippen LogP contribution in [0.2, 0.25) is 0 Å². The van der Waals surface area contributed by atoms with Crippen LogP contribution in [0.15, 0.2) is 24.5 Å². The summed E-state index contributed by atoms with van der Waals surface area (Å²) in [7, 11) is 0. The second-order valence-electron chi connectivity index (χ2n) is 9.47. The predicted octanol–water partition coefficient (Wildman–Crippen LogP) is 4.53. The average molecular weight is 439 g/mol. The zero-order valence-corrected chi connectivity index (χ0v) is 19.4. The van der Waals surface area contributed by atoms with Gasteiger partial charge in [0.25, 0.3) is 0 Å². The Morgan fingerprint density at radius 1 is 1.19 bits per heavy atom. The molecular formula is C24H34N6O2. The molecule has 1 unspecified atom stereocenters. The van der Waals surface area contributed by atoms with Gasteiger partial charge in [0.15, 0.2) is 17.0 Å². The predicted molar refractivity (Wildman–Crippen MR) is 127 cm³/mol. The largest absolute Gasteiger partial charge is 0.507 e. The highest BCUT2D eigenvalue weighted by Crippen LogP contribution is 2.32. The van der Waals surface area contributed by atoms with Gasteiger partial charge in [-0.25, -0.2) is 4.98 Å². The van der Waals surface area contributed by atoms with Gasteiger partial charge in [-0.1, -0.05) is 37.5 Å². The topological polar surface area (TPSA) is 108 Å².